The Bertz CT molecular complexity index is 403. The summed E-state index contributed by atoms with van der Waals surface area (Å²) in [5, 5.41) is 12.4. The number of fused-ring (bicyclic) bond motifs is 2. The smallest absolute Gasteiger partial charge is 0.0920 e. The molecule has 1 aromatic rings. The fraction of sp³-hybridized carbons (Fsp3) is 0.600. The molecule has 3 rings (SSSR count). The molecule has 2 atom stereocenters. The van der Waals surface area contributed by atoms with E-state index in [1.165, 1.54) is 24.8 Å². The molecule has 2 bridgehead atoms. The minimum atomic E-state index is -0.563. The van der Waals surface area contributed by atoms with Gasteiger partial charge >= 0.3 is 0 Å². The summed E-state index contributed by atoms with van der Waals surface area (Å²) in [7, 11) is 0. The molecule has 17 heavy (non-hydrogen) atoms. The molecular formula is C15H20OS. The molecule has 1 nitrogen and oxygen atoms in total. The molecule has 2 aliphatic heterocycles. The highest BCUT2D eigenvalue weighted by molar-refractivity contribution is 8.00. The second kappa shape index (κ2) is 4.33. The third-order valence-electron chi connectivity index (χ3n) is 4.21. The van der Waals surface area contributed by atoms with Gasteiger partial charge in [-0.05, 0) is 43.7 Å². The van der Waals surface area contributed by atoms with E-state index < -0.39 is 5.60 Å². The summed E-state index contributed by atoms with van der Waals surface area (Å²) in [5.74, 6) is 0. The third kappa shape index (κ3) is 2.13. The highest BCUT2D eigenvalue weighted by Gasteiger charge is 2.42. The second-order valence-electron chi connectivity index (χ2n) is 5.57. The molecule has 0 radical (unpaired) electrons. The highest BCUT2D eigenvalue weighted by Crippen LogP contribution is 2.49. The van der Waals surface area contributed by atoms with E-state index in [-0.39, 0.29) is 0 Å². The van der Waals surface area contributed by atoms with Crippen molar-refractivity contribution < 1.29 is 5.11 Å². The van der Waals surface area contributed by atoms with Crippen LogP contribution in [0.3, 0.4) is 0 Å². The number of benzene rings is 1. The van der Waals surface area contributed by atoms with Crippen LogP contribution in [0, 0.1) is 6.92 Å². The molecule has 2 saturated heterocycles. The van der Waals surface area contributed by atoms with Gasteiger partial charge in [0.25, 0.3) is 0 Å². The first-order chi connectivity index (χ1) is 8.17. The predicted molar refractivity (Wildman–Crippen MR) is 73.3 cm³/mol. The van der Waals surface area contributed by atoms with Crippen LogP contribution in [0.5, 0.6) is 0 Å². The predicted octanol–water partition coefficient (Wildman–Crippen LogP) is 3.63. The first-order valence-electron chi connectivity index (χ1n) is 6.61. The standard InChI is InChI=1S/C15H20OS/c1-11-5-2-3-8-14(11)15(16)9-12-6-4-7-13(10-15)17-12/h2-3,5,8,12-13,16H,4,6-7,9-10H2,1H3. The number of rotatable bonds is 1. The molecule has 2 fully saturated rings. The Balaban J connectivity index is 1.93. The van der Waals surface area contributed by atoms with E-state index in [2.05, 4.69) is 43.0 Å². The van der Waals surface area contributed by atoms with Gasteiger partial charge < -0.3 is 5.11 Å². The van der Waals surface area contributed by atoms with E-state index in [0.717, 1.165) is 18.4 Å². The Morgan fingerprint density at radius 2 is 1.82 bits per heavy atom. The summed E-state index contributed by atoms with van der Waals surface area (Å²) in [5.41, 5.74) is 1.84. The third-order valence-corrected chi connectivity index (χ3v) is 5.79. The van der Waals surface area contributed by atoms with Crippen molar-refractivity contribution in [1.82, 2.24) is 0 Å². The molecular weight excluding hydrogens is 228 g/mol. The number of aliphatic hydroxyl groups is 1. The zero-order valence-corrected chi connectivity index (χ0v) is 11.2. The topological polar surface area (TPSA) is 20.2 Å². The van der Waals surface area contributed by atoms with E-state index in [1.54, 1.807) is 0 Å². The fourth-order valence-electron chi connectivity index (χ4n) is 3.43. The van der Waals surface area contributed by atoms with E-state index in [0.29, 0.717) is 10.5 Å². The lowest BCUT2D eigenvalue weighted by molar-refractivity contribution is 0.00757. The lowest BCUT2D eigenvalue weighted by atomic mass is 9.79. The number of hydrogen-bond donors (Lipinski definition) is 1. The largest absolute Gasteiger partial charge is 0.385 e. The Labute approximate surface area is 108 Å². The quantitative estimate of drug-likeness (QED) is 0.819. The van der Waals surface area contributed by atoms with Crippen LogP contribution in [-0.2, 0) is 5.60 Å². The van der Waals surface area contributed by atoms with Gasteiger partial charge in [-0.25, -0.2) is 0 Å². The van der Waals surface area contributed by atoms with Crippen molar-refractivity contribution in [2.45, 2.75) is 55.1 Å². The first-order valence-corrected chi connectivity index (χ1v) is 7.56. The van der Waals surface area contributed by atoms with Gasteiger partial charge in [-0.2, -0.15) is 11.8 Å². The van der Waals surface area contributed by atoms with Crippen molar-refractivity contribution in [3.63, 3.8) is 0 Å². The van der Waals surface area contributed by atoms with Gasteiger partial charge in [-0.15, -0.1) is 0 Å². The summed E-state index contributed by atoms with van der Waals surface area (Å²) in [4.78, 5) is 0. The summed E-state index contributed by atoms with van der Waals surface area (Å²) < 4.78 is 0. The Morgan fingerprint density at radius 3 is 2.47 bits per heavy atom. The van der Waals surface area contributed by atoms with Gasteiger partial charge in [0.1, 0.15) is 0 Å². The van der Waals surface area contributed by atoms with Crippen LogP contribution in [-0.4, -0.2) is 15.6 Å². The maximum absolute atomic E-state index is 11.0. The van der Waals surface area contributed by atoms with Gasteiger partial charge in [-0.1, -0.05) is 30.7 Å². The van der Waals surface area contributed by atoms with E-state index in [4.69, 9.17) is 0 Å². The lowest BCUT2D eigenvalue weighted by Gasteiger charge is -2.44. The van der Waals surface area contributed by atoms with Crippen LogP contribution in [0.2, 0.25) is 0 Å². The van der Waals surface area contributed by atoms with Gasteiger partial charge in [0, 0.05) is 10.5 Å². The minimum absolute atomic E-state index is 0.563. The van der Waals surface area contributed by atoms with Crippen molar-refractivity contribution in [3.05, 3.63) is 35.4 Å². The fourth-order valence-corrected chi connectivity index (χ4v) is 5.33. The second-order valence-corrected chi connectivity index (χ2v) is 7.17. The van der Waals surface area contributed by atoms with E-state index in [1.807, 2.05) is 0 Å². The Hall–Kier alpha value is -0.470. The molecule has 0 aromatic heterocycles. The van der Waals surface area contributed by atoms with Gasteiger partial charge in [-0.3, -0.25) is 0 Å². The van der Waals surface area contributed by atoms with E-state index >= 15 is 0 Å². The number of thioether (sulfide) groups is 1. The minimum Gasteiger partial charge on any atom is -0.385 e. The maximum atomic E-state index is 11.0. The van der Waals surface area contributed by atoms with Crippen LogP contribution >= 0.6 is 11.8 Å². The molecule has 2 unspecified atom stereocenters. The van der Waals surface area contributed by atoms with Crippen LogP contribution in [0.25, 0.3) is 0 Å². The Kier molecular flexibility index (Phi) is 2.95. The van der Waals surface area contributed by atoms with Crippen molar-refractivity contribution >= 4 is 11.8 Å². The monoisotopic (exact) mass is 248 g/mol. The van der Waals surface area contributed by atoms with Gasteiger partial charge in [0.15, 0.2) is 0 Å². The van der Waals surface area contributed by atoms with Crippen molar-refractivity contribution in [2.24, 2.45) is 0 Å². The number of aryl methyl sites for hydroxylation is 1. The molecule has 2 aliphatic rings. The summed E-state index contributed by atoms with van der Waals surface area (Å²) >= 11 is 2.12. The Morgan fingerprint density at radius 1 is 1.18 bits per heavy atom. The highest BCUT2D eigenvalue weighted by atomic mass is 32.2. The molecule has 0 saturated carbocycles. The molecule has 0 amide bonds. The zero-order chi connectivity index (χ0) is 11.9. The van der Waals surface area contributed by atoms with Crippen LogP contribution < -0.4 is 0 Å². The summed E-state index contributed by atoms with van der Waals surface area (Å²) in [6.45, 7) is 2.12. The first kappa shape index (κ1) is 11.6. The normalized spacial score (nSPS) is 36.8. The molecule has 0 aliphatic carbocycles. The molecule has 2 heterocycles. The maximum Gasteiger partial charge on any atom is 0.0920 e. The average molecular weight is 248 g/mol. The van der Waals surface area contributed by atoms with Crippen LogP contribution in [0.1, 0.15) is 43.2 Å². The SMILES string of the molecule is Cc1ccccc1C1(O)CC2CCCC(C1)S2. The zero-order valence-electron chi connectivity index (χ0n) is 10.4. The van der Waals surface area contributed by atoms with Gasteiger partial charge in [0.2, 0.25) is 0 Å². The summed E-state index contributed by atoms with van der Waals surface area (Å²) in [6, 6.07) is 8.34. The average Bonchev–Trinajstić information content (AvgIpc) is 2.28. The van der Waals surface area contributed by atoms with Crippen LogP contribution in [0.15, 0.2) is 24.3 Å². The van der Waals surface area contributed by atoms with Crippen LogP contribution in [0.4, 0.5) is 0 Å². The lowest BCUT2D eigenvalue weighted by Crippen LogP contribution is -2.41. The van der Waals surface area contributed by atoms with Gasteiger partial charge in [0.05, 0.1) is 5.60 Å². The number of hydrogen-bond acceptors (Lipinski definition) is 2. The molecule has 1 aromatic carbocycles. The molecule has 2 heteroatoms. The molecule has 92 valence electrons. The van der Waals surface area contributed by atoms with E-state index in [9.17, 15) is 5.11 Å². The van der Waals surface area contributed by atoms with Crippen molar-refractivity contribution in [1.29, 1.82) is 0 Å². The van der Waals surface area contributed by atoms with Crippen molar-refractivity contribution in [3.8, 4) is 0 Å². The molecule has 1 N–H and O–H groups in total. The summed E-state index contributed by atoms with van der Waals surface area (Å²) in [6.07, 6.45) is 5.81. The molecule has 0 spiro atoms. The van der Waals surface area contributed by atoms with Crippen molar-refractivity contribution in [2.75, 3.05) is 0 Å².